The summed E-state index contributed by atoms with van der Waals surface area (Å²) in [5.41, 5.74) is 2.30. The van der Waals surface area contributed by atoms with Gasteiger partial charge >= 0.3 is 5.97 Å². The molecule has 0 spiro atoms. The zero-order valence-corrected chi connectivity index (χ0v) is 12.3. The van der Waals surface area contributed by atoms with Crippen molar-refractivity contribution in [2.45, 2.75) is 13.5 Å². The van der Waals surface area contributed by atoms with Gasteiger partial charge < -0.3 is 14.4 Å². The summed E-state index contributed by atoms with van der Waals surface area (Å²) >= 11 is 0. The Bertz CT molecular complexity index is 813. The van der Waals surface area contributed by atoms with Crippen LogP contribution in [0.2, 0.25) is 0 Å². The first-order valence-corrected chi connectivity index (χ1v) is 6.85. The zero-order chi connectivity index (χ0) is 16.2. The fraction of sp³-hybridized carbons (Fsp3) is 0.125. The fourth-order valence-electron chi connectivity index (χ4n) is 2.04. The molecule has 0 unspecified atom stereocenters. The van der Waals surface area contributed by atoms with Gasteiger partial charge in [-0.2, -0.15) is 0 Å². The van der Waals surface area contributed by atoms with E-state index < -0.39 is 5.97 Å². The maximum atomic E-state index is 10.7. The molecule has 0 aliphatic carbocycles. The van der Waals surface area contributed by atoms with Crippen molar-refractivity contribution in [2.24, 2.45) is 0 Å². The largest absolute Gasteiger partial charge is 0.476 e. The number of hydrogen-bond donors (Lipinski definition) is 1. The first-order valence-electron chi connectivity index (χ1n) is 6.85. The number of hydrogen-bond acceptors (Lipinski definition) is 6. The second-order valence-electron chi connectivity index (χ2n) is 4.78. The second-order valence-corrected chi connectivity index (χ2v) is 4.78. The third-order valence-electron chi connectivity index (χ3n) is 3.26. The van der Waals surface area contributed by atoms with Crippen molar-refractivity contribution in [3.05, 3.63) is 59.5 Å². The predicted molar refractivity (Wildman–Crippen MR) is 80.0 cm³/mol. The number of aryl methyl sites for hydroxylation is 1. The van der Waals surface area contributed by atoms with Crippen LogP contribution in [0, 0.1) is 6.92 Å². The lowest BCUT2D eigenvalue weighted by Crippen LogP contribution is -2.04. The van der Waals surface area contributed by atoms with E-state index in [0.29, 0.717) is 11.5 Å². The van der Waals surface area contributed by atoms with Crippen LogP contribution in [-0.4, -0.2) is 26.4 Å². The molecule has 0 bridgehead atoms. The summed E-state index contributed by atoms with van der Waals surface area (Å²) in [5.74, 6) is -0.251. The number of rotatable bonds is 5. The molecule has 2 heterocycles. The van der Waals surface area contributed by atoms with Crippen molar-refractivity contribution in [1.29, 1.82) is 0 Å². The van der Waals surface area contributed by atoms with E-state index in [4.69, 9.17) is 14.4 Å². The molecule has 0 amide bonds. The number of aromatic nitrogens is 3. The third kappa shape index (κ3) is 3.18. The van der Waals surface area contributed by atoms with Crippen molar-refractivity contribution in [3.8, 4) is 17.1 Å². The molecule has 0 radical (unpaired) electrons. The molecule has 23 heavy (non-hydrogen) atoms. The highest BCUT2D eigenvalue weighted by molar-refractivity contribution is 5.84. The van der Waals surface area contributed by atoms with E-state index >= 15 is 0 Å². The van der Waals surface area contributed by atoms with Gasteiger partial charge in [-0.05, 0) is 13.0 Å². The molecule has 0 saturated heterocycles. The van der Waals surface area contributed by atoms with Gasteiger partial charge in [-0.3, -0.25) is 0 Å². The van der Waals surface area contributed by atoms with Gasteiger partial charge in [0.15, 0.2) is 5.69 Å². The minimum absolute atomic E-state index is 0.136. The van der Waals surface area contributed by atoms with Gasteiger partial charge in [0, 0.05) is 11.6 Å². The molecule has 0 aliphatic rings. The van der Waals surface area contributed by atoms with Crippen LogP contribution in [-0.2, 0) is 6.61 Å². The SMILES string of the molecule is Cc1onc(-c2ccccc2)c1COc1ccc(C(=O)O)nn1. The molecule has 1 N–H and O–H groups in total. The molecule has 0 atom stereocenters. The predicted octanol–water partition coefficient (Wildman–Crippen LogP) is 2.72. The minimum atomic E-state index is -1.13. The van der Waals surface area contributed by atoms with Crippen LogP contribution in [0.1, 0.15) is 21.8 Å². The normalized spacial score (nSPS) is 10.5. The van der Waals surface area contributed by atoms with E-state index in [2.05, 4.69) is 15.4 Å². The van der Waals surface area contributed by atoms with Crippen LogP contribution in [0.25, 0.3) is 11.3 Å². The molecule has 0 fully saturated rings. The summed E-state index contributed by atoms with van der Waals surface area (Å²) in [6, 6.07) is 12.4. The monoisotopic (exact) mass is 311 g/mol. The summed E-state index contributed by atoms with van der Waals surface area (Å²) in [4.78, 5) is 10.7. The Morgan fingerprint density at radius 1 is 1.17 bits per heavy atom. The Morgan fingerprint density at radius 3 is 2.61 bits per heavy atom. The molecule has 3 rings (SSSR count). The highest BCUT2D eigenvalue weighted by Crippen LogP contribution is 2.25. The fourth-order valence-corrected chi connectivity index (χ4v) is 2.04. The van der Waals surface area contributed by atoms with E-state index in [1.807, 2.05) is 30.3 Å². The Hall–Kier alpha value is -3.22. The summed E-state index contributed by atoms with van der Waals surface area (Å²) in [7, 11) is 0. The first kappa shape index (κ1) is 14.7. The Kier molecular flexibility index (Phi) is 4.01. The minimum Gasteiger partial charge on any atom is -0.476 e. The average Bonchev–Trinajstić information content (AvgIpc) is 2.95. The maximum absolute atomic E-state index is 10.7. The number of nitrogens with zero attached hydrogens (tertiary/aromatic N) is 3. The van der Waals surface area contributed by atoms with Gasteiger partial charge in [0.05, 0.1) is 5.56 Å². The van der Waals surface area contributed by atoms with Crippen LogP contribution in [0.4, 0.5) is 0 Å². The molecule has 0 aliphatic heterocycles. The van der Waals surface area contributed by atoms with Gasteiger partial charge in [-0.25, -0.2) is 4.79 Å². The lowest BCUT2D eigenvalue weighted by atomic mass is 10.1. The Labute approximate surface area is 131 Å². The summed E-state index contributed by atoms with van der Waals surface area (Å²) in [6.07, 6.45) is 0. The van der Waals surface area contributed by atoms with Crippen molar-refractivity contribution >= 4 is 5.97 Å². The summed E-state index contributed by atoms with van der Waals surface area (Å²) < 4.78 is 10.8. The van der Waals surface area contributed by atoms with E-state index in [-0.39, 0.29) is 18.2 Å². The third-order valence-corrected chi connectivity index (χ3v) is 3.26. The average molecular weight is 311 g/mol. The van der Waals surface area contributed by atoms with Crippen molar-refractivity contribution < 1.29 is 19.2 Å². The van der Waals surface area contributed by atoms with E-state index in [9.17, 15) is 4.79 Å². The highest BCUT2D eigenvalue weighted by Gasteiger charge is 2.15. The van der Waals surface area contributed by atoms with E-state index in [1.54, 1.807) is 6.92 Å². The smallest absolute Gasteiger partial charge is 0.356 e. The molecule has 1 aromatic carbocycles. The lowest BCUT2D eigenvalue weighted by Gasteiger charge is -2.05. The van der Waals surface area contributed by atoms with Crippen LogP contribution >= 0.6 is 0 Å². The molecule has 3 aromatic rings. The van der Waals surface area contributed by atoms with Crippen LogP contribution in [0.3, 0.4) is 0 Å². The van der Waals surface area contributed by atoms with Gasteiger partial charge in [-0.15, -0.1) is 10.2 Å². The molecule has 0 saturated carbocycles. The molecule has 7 nitrogen and oxygen atoms in total. The first-order chi connectivity index (χ1) is 11.1. The van der Waals surface area contributed by atoms with Crippen molar-refractivity contribution in [3.63, 3.8) is 0 Å². The van der Waals surface area contributed by atoms with Crippen LogP contribution in [0.15, 0.2) is 47.0 Å². The van der Waals surface area contributed by atoms with Gasteiger partial charge in [-0.1, -0.05) is 35.5 Å². The van der Waals surface area contributed by atoms with Crippen molar-refractivity contribution in [1.82, 2.24) is 15.4 Å². The number of aromatic carboxylic acids is 1. The number of benzene rings is 1. The number of carboxylic acid groups (broad SMARTS) is 1. The highest BCUT2D eigenvalue weighted by atomic mass is 16.5. The van der Waals surface area contributed by atoms with Crippen LogP contribution in [0.5, 0.6) is 5.88 Å². The van der Waals surface area contributed by atoms with E-state index in [0.717, 1.165) is 11.1 Å². The summed E-state index contributed by atoms with van der Waals surface area (Å²) in [5, 5.41) is 20.2. The Morgan fingerprint density at radius 2 is 1.96 bits per heavy atom. The van der Waals surface area contributed by atoms with Gasteiger partial charge in [0.25, 0.3) is 0 Å². The maximum Gasteiger partial charge on any atom is 0.356 e. The second kappa shape index (κ2) is 6.27. The lowest BCUT2D eigenvalue weighted by molar-refractivity contribution is 0.0689. The molecule has 7 heteroatoms. The topological polar surface area (TPSA) is 98.3 Å². The Balaban J connectivity index is 1.78. The summed E-state index contributed by atoms with van der Waals surface area (Å²) in [6.45, 7) is 2.00. The van der Waals surface area contributed by atoms with Gasteiger partial charge in [0.2, 0.25) is 5.88 Å². The molecule has 2 aromatic heterocycles. The van der Waals surface area contributed by atoms with Gasteiger partial charge in [0.1, 0.15) is 18.1 Å². The number of carboxylic acids is 1. The van der Waals surface area contributed by atoms with Crippen LogP contribution < -0.4 is 4.74 Å². The number of ether oxygens (including phenoxy) is 1. The molecule has 116 valence electrons. The van der Waals surface area contributed by atoms with E-state index in [1.165, 1.54) is 12.1 Å². The number of carbonyl (C=O) groups is 1. The van der Waals surface area contributed by atoms with Crippen molar-refractivity contribution in [2.75, 3.05) is 0 Å². The quantitative estimate of drug-likeness (QED) is 0.773. The zero-order valence-electron chi connectivity index (χ0n) is 12.3. The standard InChI is InChI=1S/C16H13N3O4/c1-10-12(15(19-23-10)11-5-3-2-4-6-11)9-22-14-8-7-13(16(20)21)17-18-14/h2-8H,9H2,1H3,(H,20,21). The molecular weight excluding hydrogens is 298 g/mol. The molecular formula is C16H13N3O4.